The fourth-order valence-corrected chi connectivity index (χ4v) is 8.85. The minimum Gasteiger partial charge on any atom is -0.453 e. The molecule has 2 aromatic heterocycles. The average molecular weight is 903 g/mol. The Balaban J connectivity index is 0.000000212. The maximum absolute atomic E-state index is 12.4. The van der Waals surface area contributed by atoms with Gasteiger partial charge < -0.3 is 40.1 Å². The van der Waals surface area contributed by atoms with E-state index in [0.29, 0.717) is 80.3 Å². The fraction of sp³-hybridized carbons (Fsp3) is 0.500. The van der Waals surface area contributed by atoms with Crippen LogP contribution in [-0.4, -0.2) is 108 Å². The number of anilines is 2. The zero-order valence-corrected chi connectivity index (χ0v) is 35.6. The molecule has 0 atom stereocenters. The highest BCUT2D eigenvalue weighted by Crippen LogP contribution is 2.36. The summed E-state index contributed by atoms with van der Waals surface area (Å²) in [5.74, 6) is 2.48. The predicted molar refractivity (Wildman–Crippen MR) is 225 cm³/mol. The van der Waals surface area contributed by atoms with Crippen molar-refractivity contribution >= 4 is 62.9 Å². The van der Waals surface area contributed by atoms with Gasteiger partial charge in [0, 0.05) is 97.2 Å². The smallest absolute Gasteiger partial charge is 0.409 e. The number of benzene rings is 2. The number of carbonyl (C=O) groups is 1. The molecule has 18 heteroatoms. The van der Waals surface area contributed by atoms with Crippen LogP contribution >= 0.6 is 24.0 Å². The summed E-state index contributed by atoms with van der Waals surface area (Å²) in [5, 5.41) is 30.3. The molecule has 302 valence electrons. The number of carbonyl (C=O) groups excluding carboxylic acids is 1. The van der Waals surface area contributed by atoms with Gasteiger partial charge in [0.1, 0.15) is 0 Å². The van der Waals surface area contributed by atoms with Gasteiger partial charge >= 0.3 is 6.09 Å². The lowest BCUT2D eigenvalue weighted by Crippen LogP contribution is -2.39. The third kappa shape index (κ3) is 9.56. The normalized spacial score (nSPS) is 16.6. The first-order chi connectivity index (χ1) is 26.5. The van der Waals surface area contributed by atoms with Gasteiger partial charge in [-0.3, -0.25) is 0 Å². The highest BCUT2D eigenvalue weighted by atomic mass is 127. The Kier molecular flexibility index (Phi) is 14.2. The number of amides is 1. The van der Waals surface area contributed by atoms with Crippen molar-refractivity contribution in [3.63, 3.8) is 0 Å². The standard InChI is InChI=1S/C20H27N5O3S.C18H23N5O3.HI/c1-3-17(21)16-7-4-14(12-18(16)22-2)20-23-19(24-28-20)13-8-10-25(11-9-13)29(26,27)15-5-6-15;1-11(19)14-5-4-13(10-15(14)20-2)17-21-16(22-26-17)12-6-8-23(9-7-12)18(24)25-3;/h4,7,12-13,15,21-22H,3,5-6,8-11H2,1-2H3;4-5,10,12,19-20H,6-9H2,1-3H3;1H. The molecule has 1 amide bonds. The van der Waals surface area contributed by atoms with E-state index in [1.807, 2.05) is 57.4 Å². The summed E-state index contributed by atoms with van der Waals surface area (Å²) in [6, 6.07) is 11.4. The number of hydrogen-bond donors (Lipinski definition) is 4. The quantitative estimate of drug-likeness (QED) is 0.0888. The molecular formula is C38H51IN10O6S. The Morgan fingerprint density at radius 2 is 1.30 bits per heavy atom. The summed E-state index contributed by atoms with van der Waals surface area (Å²) in [7, 11) is 1.93. The first kappa shape index (κ1) is 42.7. The van der Waals surface area contributed by atoms with Gasteiger partial charge in [0.05, 0.1) is 12.4 Å². The zero-order chi connectivity index (χ0) is 39.3. The van der Waals surface area contributed by atoms with E-state index in [2.05, 4.69) is 30.9 Å². The van der Waals surface area contributed by atoms with E-state index in [0.717, 1.165) is 59.3 Å². The molecule has 3 aliphatic rings. The van der Waals surface area contributed by atoms with Crippen molar-refractivity contribution in [1.29, 1.82) is 10.8 Å². The molecule has 56 heavy (non-hydrogen) atoms. The van der Waals surface area contributed by atoms with Gasteiger partial charge in [-0.15, -0.1) is 24.0 Å². The second-order valence-electron chi connectivity index (χ2n) is 14.0. The number of sulfonamides is 1. The molecule has 1 saturated carbocycles. The molecule has 4 aromatic rings. The van der Waals surface area contributed by atoms with Crippen LogP contribution in [0.25, 0.3) is 22.9 Å². The van der Waals surface area contributed by atoms with E-state index in [1.165, 1.54) is 7.11 Å². The molecule has 0 bridgehead atoms. The molecule has 0 unspecified atom stereocenters. The van der Waals surface area contributed by atoms with Gasteiger partial charge in [-0.05, 0) is 76.1 Å². The number of hydrogen-bond acceptors (Lipinski definition) is 14. The van der Waals surface area contributed by atoms with Gasteiger partial charge in [-0.1, -0.05) is 29.4 Å². The summed E-state index contributed by atoms with van der Waals surface area (Å²) < 4.78 is 42.1. The van der Waals surface area contributed by atoms with Crippen LogP contribution in [0.3, 0.4) is 0 Å². The first-order valence-corrected chi connectivity index (χ1v) is 20.2. The maximum Gasteiger partial charge on any atom is 0.409 e. The SMILES string of the molecule is CCC(=N)c1ccc(-c2nc(C3CCN(S(=O)(=O)C4CC4)CC3)no2)cc1NC.CNc1cc(-c2nc(C3CCN(C(=O)OC)CC3)no2)ccc1C(C)=N.I. The molecule has 2 aliphatic heterocycles. The monoisotopic (exact) mass is 902 g/mol. The molecule has 0 radical (unpaired) electrons. The number of halogens is 1. The van der Waals surface area contributed by atoms with Crippen LogP contribution in [0.1, 0.15) is 93.4 Å². The van der Waals surface area contributed by atoms with Gasteiger partial charge in [-0.25, -0.2) is 17.5 Å². The lowest BCUT2D eigenvalue weighted by atomic mass is 9.96. The number of methoxy groups -OCH3 is 1. The minimum atomic E-state index is -3.11. The number of nitrogens with one attached hydrogen (secondary N) is 4. The van der Waals surface area contributed by atoms with Crippen molar-refractivity contribution in [3.05, 3.63) is 59.2 Å². The number of ether oxygens (including phenoxy) is 1. The van der Waals surface area contributed by atoms with Crippen LogP contribution in [0, 0.1) is 10.8 Å². The van der Waals surface area contributed by atoms with Crippen molar-refractivity contribution in [3.8, 4) is 22.9 Å². The minimum absolute atomic E-state index is 0. The summed E-state index contributed by atoms with van der Waals surface area (Å²) >= 11 is 0. The first-order valence-electron chi connectivity index (χ1n) is 18.7. The Morgan fingerprint density at radius 3 is 1.75 bits per heavy atom. The van der Waals surface area contributed by atoms with Crippen LogP contribution in [0.5, 0.6) is 0 Å². The van der Waals surface area contributed by atoms with Crippen molar-refractivity contribution in [2.75, 3.05) is 58.0 Å². The number of nitrogens with zero attached hydrogens (tertiary/aromatic N) is 6. The molecule has 2 saturated heterocycles. The van der Waals surface area contributed by atoms with E-state index in [-0.39, 0.29) is 47.2 Å². The number of piperidine rings is 2. The van der Waals surface area contributed by atoms with Crippen molar-refractivity contribution in [1.82, 2.24) is 29.5 Å². The summed E-state index contributed by atoms with van der Waals surface area (Å²) in [6.07, 6.45) is 4.93. The van der Waals surface area contributed by atoms with Crippen LogP contribution in [0.2, 0.25) is 0 Å². The topological polar surface area (TPSA) is 217 Å². The summed E-state index contributed by atoms with van der Waals surface area (Å²) in [6.45, 7) is 6.00. The highest BCUT2D eigenvalue weighted by Gasteiger charge is 2.41. The molecule has 16 nitrogen and oxygen atoms in total. The Hall–Kier alpha value is -4.43. The van der Waals surface area contributed by atoms with Crippen molar-refractivity contribution in [2.45, 2.75) is 75.9 Å². The Bertz CT molecular complexity index is 2120. The molecule has 2 aromatic carbocycles. The second kappa shape index (κ2) is 18.7. The Labute approximate surface area is 344 Å². The maximum atomic E-state index is 12.4. The van der Waals surface area contributed by atoms with E-state index in [4.69, 9.17) is 24.6 Å². The van der Waals surface area contributed by atoms with E-state index >= 15 is 0 Å². The summed E-state index contributed by atoms with van der Waals surface area (Å²) in [4.78, 5) is 22.4. The second-order valence-corrected chi connectivity index (χ2v) is 16.3. The molecule has 3 fully saturated rings. The molecule has 4 N–H and O–H groups in total. The molecule has 7 rings (SSSR count). The van der Waals surface area contributed by atoms with E-state index in [1.54, 1.807) is 16.1 Å². The van der Waals surface area contributed by atoms with E-state index < -0.39 is 10.0 Å². The van der Waals surface area contributed by atoms with Gasteiger partial charge in [-0.2, -0.15) is 9.97 Å². The van der Waals surface area contributed by atoms with Gasteiger partial charge in [0.25, 0.3) is 11.8 Å². The lowest BCUT2D eigenvalue weighted by Gasteiger charge is -2.29. The molecule has 0 spiro atoms. The lowest BCUT2D eigenvalue weighted by molar-refractivity contribution is 0.111. The van der Waals surface area contributed by atoms with Crippen LogP contribution in [0.4, 0.5) is 16.2 Å². The molecule has 4 heterocycles. The zero-order valence-electron chi connectivity index (χ0n) is 32.4. The highest BCUT2D eigenvalue weighted by molar-refractivity contribution is 14.0. The van der Waals surface area contributed by atoms with E-state index in [9.17, 15) is 13.2 Å². The van der Waals surface area contributed by atoms with Crippen molar-refractivity contribution < 1.29 is 27.0 Å². The van der Waals surface area contributed by atoms with Crippen LogP contribution in [0.15, 0.2) is 45.4 Å². The third-order valence-corrected chi connectivity index (χ3v) is 12.9. The Morgan fingerprint density at radius 1 is 0.821 bits per heavy atom. The molecule has 1 aliphatic carbocycles. The van der Waals surface area contributed by atoms with Crippen LogP contribution < -0.4 is 10.6 Å². The largest absolute Gasteiger partial charge is 0.453 e. The number of likely N-dealkylation sites (tertiary alicyclic amines) is 1. The summed E-state index contributed by atoms with van der Waals surface area (Å²) in [5.41, 5.74) is 6.08. The number of rotatable bonds is 11. The predicted octanol–water partition coefficient (Wildman–Crippen LogP) is 6.96. The third-order valence-electron chi connectivity index (χ3n) is 10.5. The van der Waals surface area contributed by atoms with Crippen molar-refractivity contribution in [2.24, 2.45) is 0 Å². The fourth-order valence-electron chi connectivity index (χ4n) is 6.98. The van der Waals surface area contributed by atoms with Gasteiger partial charge in [0.2, 0.25) is 10.0 Å². The number of aromatic nitrogens is 4. The molecular weight excluding hydrogens is 851 g/mol. The van der Waals surface area contributed by atoms with Gasteiger partial charge in [0.15, 0.2) is 11.6 Å². The average Bonchev–Trinajstić information content (AvgIpc) is 3.77. The van der Waals surface area contributed by atoms with Crippen LogP contribution in [-0.2, 0) is 14.8 Å².